The molecule has 2 aromatic heterocycles. The van der Waals surface area contributed by atoms with E-state index in [9.17, 15) is 22.8 Å². The van der Waals surface area contributed by atoms with Crippen molar-refractivity contribution in [2.24, 2.45) is 0 Å². The van der Waals surface area contributed by atoms with Crippen molar-refractivity contribution in [3.63, 3.8) is 0 Å². The summed E-state index contributed by atoms with van der Waals surface area (Å²) < 4.78 is 49.2. The number of nitrogens with zero attached hydrogens (tertiary/aromatic N) is 5. The molecule has 204 valence electrons. The van der Waals surface area contributed by atoms with Crippen molar-refractivity contribution in [1.29, 1.82) is 0 Å². The Morgan fingerprint density at radius 2 is 1.73 bits per heavy atom. The summed E-state index contributed by atoms with van der Waals surface area (Å²) in [6.07, 6.45) is 1.15. The predicted molar refractivity (Wildman–Crippen MR) is 129 cm³/mol. The zero-order valence-electron chi connectivity index (χ0n) is 21.0. The highest BCUT2D eigenvalue weighted by Gasteiger charge is 2.39. The highest BCUT2D eigenvalue weighted by atomic mass is 19.4. The van der Waals surface area contributed by atoms with Gasteiger partial charge in [-0.3, -0.25) is 9.59 Å². The lowest BCUT2D eigenvalue weighted by atomic mass is 10.0. The molecule has 2 aliphatic rings. The predicted octanol–water partition coefficient (Wildman–Crippen LogP) is 1.85. The van der Waals surface area contributed by atoms with E-state index in [2.05, 4.69) is 30.0 Å². The van der Waals surface area contributed by atoms with Crippen molar-refractivity contribution in [1.82, 2.24) is 25.1 Å². The van der Waals surface area contributed by atoms with Crippen molar-refractivity contribution >= 4 is 17.5 Å². The number of likely N-dealkylation sites (tertiary alicyclic amines) is 1. The smallest absolute Gasteiger partial charge is 0.388 e. The molecule has 1 atom stereocenters. The highest BCUT2D eigenvalue weighted by Crippen LogP contribution is 2.31. The Bertz CT molecular complexity index is 1070. The average molecular weight is 528 g/mol. The van der Waals surface area contributed by atoms with Crippen LogP contribution in [0.3, 0.4) is 0 Å². The average Bonchev–Trinajstić information content (AvgIpc) is 3.22. The highest BCUT2D eigenvalue weighted by molar-refractivity contribution is 5.83. The van der Waals surface area contributed by atoms with Crippen molar-refractivity contribution in [2.75, 3.05) is 57.2 Å². The molecule has 11 nitrogen and oxygen atoms in total. The number of piperidine rings is 1. The number of halogens is 3. The van der Waals surface area contributed by atoms with Crippen LogP contribution >= 0.6 is 0 Å². The van der Waals surface area contributed by atoms with E-state index in [1.807, 2.05) is 11.8 Å². The number of aryl methyl sites for hydroxylation is 1. The fraction of sp³-hybridized carbons (Fsp3) is 0.609. The van der Waals surface area contributed by atoms with Crippen LogP contribution in [-0.4, -0.2) is 90.1 Å². The number of aromatic amines is 1. The number of hydrogen-bond donors (Lipinski definition) is 2. The Morgan fingerprint density at radius 3 is 2.35 bits per heavy atom. The Morgan fingerprint density at radius 1 is 1.08 bits per heavy atom. The van der Waals surface area contributed by atoms with Crippen LogP contribution in [0.4, 0.5) is 24.8 Å². The van der Waals surface area contributed by atoms with Crippen molar-refractivity contribution in [2.45, 2.75) is 44.5 Å². The van der Waals surface area contributed by atoms with Gasteiger partial charge in [-0.25, -0.2) is 15.1 Å². The molecule has 1 amide bonds. The monoisotopic (exact) mass is 527 g/mol. The molecule has 4 heterocycles. The second-order valence-corrected chi connectivity index (χ2v) is 8.78. The first-order valence-electron chi connectivity index (χ1n) is 11.9. The number of H-pyrrole nitrogens is 1. The third-order valence-corrected chi connectivity index (χ3v) is 6.02. The van der Waals surface area contributed by atoms with Gasteiger partial charge in [-0.1, -0.05) is 0 Å². The SMILES string of the molecule is COC.Cc1cnc(N2CCC(N3CCC(OCCNc4cn[nH]c(=O)c4C(F)(F)F)C3=O)CC2)nc1. The fourth-order valence-corrected chi connectivity index (χ4v) is 4.32. The minimum atomic E-state index is -4.82. The Labute approximate surface area is 212 Å². The summed E-state index contributed by atoms with van der Waals surface area (Å²) in [6, 6.07) is 0.109. The summed E-state index contributed by atoms with van der Waals surface area (Å²) in [5.41, 5.74) is -2.09. The Hall–Kier alpha value is -3.26. The number of hydrogen-bond acceptors (Lipinski definition) is 9. The molecular formula is C23H32F3N7O4. The summed E-state index contributed by atoms with van der Waals surface area (Å²) in [7, 11) is 3.25. The first-order chi connectivity index (χ1) is 17.7. The van der Waals surface area contributed by atoms with Crippen LogP contribution in [0.1, 0.15) is 30.4 Å². The summed E-state index contributed by atoms with van der Waals surface area (Å²) in [6.45, 7) is 4.02. The molecule has 0 saturated carbocycles. The lowest BCUT2D eigenvalue weighted by molar-refractivity contribution is -0.139. The van der Waals surface area contributed by atoms with Crippen molar-refractivity contribution in [3.05, 3.63) is 40.1 Å². The number of amides is 1. The second kappa shape index (κ2) is 12.8. The molecule has 14 heteroatoms. The van der Waals surface area contributed by atoms with E-state index in [1.165, 1.54) is 0 Å². The van der Waals surface area contributed by atoms with Crippen LogP contribution in [-0.2, 0) is 20.4 Å². The van der Waals surface area contributed by atoms with Crippen LogP contribution in [0.15, 0.2) is 23.4 Å². The molecule has 2 saturated heterocycles. The fourth-order valence-electron chi connectivity index (χ4n) is 4.32. The van der Waals surface area contributed by atoms with Gasteiger partial charge >= 0.3 is 6.18 Å². The second-order valence-electron chi connectivity index (χ2n) is 8.78. The van der Waals surface area contributed by atoms with E-state index in [-0.39, 0.29) is 25.1 Å². The third kappa shape index (κ3) is 7.38. The molecule has 2 aliphatic heterocycles. The maximum atomic E-state index is 13.1. The zero-order valence-corrected chi connectivity index (χ0v) is 21.0. The van der Waals surface area contributed by atoms with E-state index >= 15 is 0 Å². The van der Waals surface area contributed by atoms with Gasteiger partial charge in [0.25, 0.3) is 11.5 Å². The van der Waals surface area contributed by atoms with Gasteiger partial charge in [-0.05, 0) is 25.3 Å². The molecule has 2 N–H and O–H groups in total. The molecule has 37 heavy (non-hydrogen) atoms. The van der Waals surface area contributed by atoms with Gasteiger partial charge in [0, 0.05) is 65.3 Å². The normalized spacial score (nSPS) is 18.5. The van der Waals surface area contributed by atoms with Gasteiger partial charge in [-0.2, -0.15) is 18.3 Å². The first kappa shape index (κ1) is 28.3. The van der Waals surface area contributed by atoms with Crippen LogP contribution in [0, 0.1) is 6.92 Å². The van der Waals surface area contributed by atoms with Crippen molar-refractivity contribution < 1.29 is 27.4 Å². The third-order valence-electron chi connectivity index (χ3n) is 6.02. The van der Waals surface area contributed by atoms with Gasteiger partial charge in [0.15, 0.2) is 0 Å². The number of ether oxygens (including phenoxy) is 2. The van der Waals surface area contributed by atoms with Crippen LogP contribution < -0.4 is 15.8 Å². The lowest BCUT2D eigenvalue weighted by Gasteiger charge is -2.36. The van der Waals surface area contributed by atoms with Gasteiger partial charge in [0.2, 0.25) is 5.95 Å². The molecule has 0 radical (unpaired) electrons. The number of anilines is 2. The molecule has 4 rings (SSSR count). The minimum Gasteiger partial charge on any atom is -0.388 e. The van der Waals surface area contributed by atoms with E-state index in [0.717, 1.165) is 37.7 Å². The molecule has 0 bridgehead atoms. The first-order valence-corrected chi connectivity index (χ1v) is 11.9. The van der Waals surface area contributed by atoms with E-state index < -0.39 is 29.1 Å². The number of nitrogens with one attached hydrogen (secondary N) is 2. The number of methoxy groups -OCH3 is 1. The van der Waals surface area contributed by atoms with Gasteiger partial charge in [0.05, 0.1) is 18.5 Å². The topological polar surface area (TPSA) is 126 Å². The molecule has 1 unspecified atom stereocenters. The van der Waals surface area contributed by atoms with Crippen LogP contribution in [0.2, 0.25) is 0 Å². The quantitative estimate of drug-likeness (QED) is 0.519. The van der Waals surface area contributed by atoms with E-state index in [4.69, 9.17) is 4.74 Å². The van der Waals surface area contributed by atoms with Crippen LogP contribution in [0.25, 0.3) is 0 Å². The largest absolute Gasteiger partial charge is 0.423 e. The van der Waals surface area contributed by atoms with E-state index in [1.54, 1.807) is 31.7 Å². The van der Waals surface area contributed by atoms with Gasteiger partial charge < -0.3 is 24.6 Å². The number of alkyl halides is 3. The number of rotatable bonds is 7. The molecule has 0 aliphatic carbocycles. The molecule has 2 fully saturated rings. The Kier molecular flexibility index (Phi) is 9.80. The summed E-state index contributed by atoms with van der Waals surface area (Å²) >= 11 is 0. The molecule has 2 aromatic rings. The lowest BCUT2D eigenvalue weighted by Crippen LogP contribution is -2.47. The van der Waals surface area contributed by atoms with E-state index in [0.29, 0.717) is 18.9 Å². The maximum Gasteiger partial charge on any atom is 0.423 e. The molecule has 0 spiro atoms. The Balaban J connectivity index is 0.00000121. The summed E-state index contributed by atoms with van der Waals surface area (Å²) in [4.78, 5) is 37.0. The number of carbonyl (C=O) groups is 1. The van der Waals surface area contributed by atoms with Crippen molar-refractivity contribution in [3.8, 4) is 0 Å². The standard InChI is InChI=1S/C21H26F3N7O3.C2H6O/c1-13-10-26-20(27-11-13)30-6-2-14(3-7-30)31-8-4-16(19(31)33)34-9-5-25-15-12-28-29-18(32)17(15)21(22,23)24;1-3-2/h10-12,14,16H,2-9H2,1H3,(H2,25,29,32);1-2H3. The molecule has 0 aromatic carbocycles. The minimum absolute atomic E-state index is 0.00701. The summed E-state index contributed by atoms with van der Waals surface area (Å²) in [5.74, 6) is 0.591. The van der Waals surface area contributed by atoms with Crippen LogP contribution in [0.5, 0.6) is 0 Å². The zero-order chi connectivity index (χ0) is 27.0. The van der Waals surface area contributed by atoms with Gasteiger partial charge in [-0.15, -0.1) is 0 Å². The number of carbonyl (C=O) groups excluding carboxylic acids is 1. The molecular weight excluding hydrogens is 495 g/mol. The summed E-state index contributed by atoms with van der Waals surface area (Å²) in [5, 5.41) is 7.71. The number of aromatic nitrogens is 4. The van der Waals surface area contributed by atoms with Gasteiger partial charge in [0.1, 0.15) is 11.7 Å². The maximum absolute atomic E-state index is 13.1.